The van der Waals surface area contributed by atoms with Crippen molar-refractivity contribution >= 4 is 5.97 Å². The molecule has 1 aromatic rings. The highest BCUT2D eigenvalue weighted by atomic mass is 16.5. The van der Waals surface area contributed by atoms with E-state index in [-0.39, 0.29) is 0 Å². The van der Waals surface area contributed by atoms with E-state index in [2.05, 4.69) is 25.7 Å². The van der Waals surface area contributed by atoms with Gasteiger partial charge in [0.1, 0.15) is 12.4 Å². The molecule has 1 heterocycles. The number of hydrogen-bond donors (Lipinski definition) is 1. The van der Waals surface area contributed by atoms with Crippen molar-refractivity contribution in [1.29, 1.82) is 0 Å². The molecule has 2 unspecified atom stereocenters. The van der Waals surface area contributed by atoms with Gasteiger partial charge >= 0.3 is 5.97 Å². The third-order valence-corrected chi connectivity index (χ3v) is 5.27. The lowest BCUT2D eigenvalue weighted by Crippen LogP contribution is -2.36. The Hall–Kier alpha value is -1.55. The molecule has 2 bridgehead atoms. The van der Waals surface area contributed by atoms with E-state index in [9.17, 15) is 4.79 Å². The summed E-state index contributed by atoms with van der Waals surface area (Å²) in [6.07, 6.45) is 3.89. The van der Waals surface area contributed by atoms with Crippen LogP contribution in [0.15, 0.2) is 24.3 Å². The number of fused-ring (bicyclic) bond motifs is 2. The molecule has 0 aromatic heterocycles. The Morgan fingerprint density at radius 1 is 1.26 bits per heavy atom. The highest BCUT2D eigenvalue weighted by molar-refractivity contribution is 5.87. The number of hydrogen-bond acceptors (Lipinski definition) is 3. The van der Waals surface area contributed by atoms with Gasteiger partial charge in [0.25, 0.3) is 0 Å². The number of ether oxygens (including phenoxy) is 1. The molecule has 3 rings (SSSR count). The lowest BCUT2D eigenvalue weighted by molar-refractivity contribution is 0.0696. The molecule has 1 aliphatic heterocycles. The quantitative estimate of drug-likeness (QED) is 0.900. The smallest absolute Gasteiger partial charge is 0.335 e. The first-order valence-corrected chi connectivity index (χ1v) is 8.47. The van der Waals surface area contributed by atoms with Gasteiger partial charge in [0.2, 0.25) is 0 Å². The summed E-state index contributed by atoms with van der Waals surface area (Å²) in [6.45, 7) is 9.97. The molecule has 4 heteroatoms. The molecule has 0 radical (unpaired) electrons. The van der Waals surface area contributed by atoms with Crippen molar-refractivity contribution in [3.05, 3.63) is 29.8 Å². The summed E-state index contributed by atoms with van der Waals surface area (Å²) in [6, 6.07) is 7.32. The number of carbonyl (C=O) groups is 1. The molecule has 1 saturated carbocycles. The first kappa shape index (κ1) is 16.3. The van der Waals surface area contributed by atoms with Crippen LogP contribution in [0.3, 0.4) is 0 Å². The van der Waals surface area contributed by atoms with Gasteiger partial charge in [-0.1, -0.05) is 20.8 Å². The van der Waals surface area contributed by atoms with Crippen LogP contribution < -0.4 is 4.74 Å². The predicted molar refractivity (Wildman–Crippen MR) is 90.0 cm³/mol. The monoisotopic (exact) mass is 317 g/mol. The van der Waals surface area contributed by atoms with Crippen LogP contribution in [-0.2, 0) is 0 Å². The van der Waals surface area contributed by atoms with E-state index in [1.54, 1.807) is 24.3 Å². The van der Waals surface area contributed by atoms with Crippen molar-refractivity contribution in [3.8, 4) is 5.75 Å². The maximum atomic E-state index is 10.8. The average molecular weight is 317 g/mol. The molecular formula is C19H27NO3. The van der Waals surface area contributed by atoms with Gasteiger partial charge in [-0.2, -0.15) is 0 Å². The van der Waals surface area contributed by atoms with Crippen molar-refractivity contribution in [2.24, 2.45) is 10.8 Å². The van der Waals surface area contributed by atoms with Crippen LogP contribution in [0.2, 0.25) is 0 Å². The largest absolute Gasteiger partial charge is 0.492 e. The zero-order chi connectivity index (χ0) is 16.7. The summed E-state index contributed by atoms with van der Waals surface area (Å²) in [7, 11) is 0. The average Bonchev–Trinajstić information content (AvgIpc) is 2.68. The fourth-order valence-corrected chi connectivity index (χ4v) is 4.81. The van der Waals surface area contributed by atoms with E-state index in [0.29, 0.717) is 29.0 Å². The van der Waals surface area contributed by atoms with Crippen molar-refractivity contribution in [3.63, 3.8) is 0 Å². The molecule has 2 aliphatic rings. The molecule has 1 N–H and O–H groups in total. The number of benzene rings is 1. The maximum absolute atomic E-state index is 10.8. The van der Waals surface area contributed by atoms with Crippen LogP contribution in [0.1, 0.15) is 50.4 Å². The second-order valence-electron chi connectivity index (χ2n) is 8.36. The van der Waals surface area contributed by atoms with Gasteiger partial charge in [-0.15, -0.1) is 0 Å². The lowest BCUT2D eigenvalue weighted by Gasteiger charge is -2.39. The number of likely N-dealkylation sites (tertiary alicyclic amines) is 1. The van der Waals surface area contributed by atoms with E-state index in [4.69, 9.17) is 9.84 Å². The van der Waals surface area contributed by atoms with Crippen molar-refractivity contribution in [1.82, 2.24) is 4.90 Å². The van der Waals surface area contributed by atoms with Crippen LogP contribution in [0, 0.1) is 10.8 Å². The number of nitrogens with zero attached hydrogens (tertiary/aromatic N) is 1. The maximum Gasteiger partial charge on any atom is 0.335 e. The summed E-state index contributed by atoms with van der Waals surface area (Å²) in [5.41, 5.74) is 1.19. The number of carboxylic acids is 1. The SMILES string of the molecule is CC1(C)CC2CC(C)(CN2CCOc2ccc(C(=O)O)cc2)C1. The first-order chi connectivity index (χ1) is 10.8. The summed E-state index contributed by atoms with van der Waals surface area (Å²) in [5, 5.41) is 8.90. The van der Waals surface area contributed by atoms with E-state index in [0.717, 1.165) is 12.3 Å². The number of aromatic carboxylic acids is 1. The third kappa shape index (κ3) is 3.69. The summed E-state index contributed by atoms with van der Waals surface area (Å²) >= 11 is 0. The molecule has 2 atom stereocenters. The minimum absolute atomic E-state index is 0.292. The second kappa shape index (κ2) is 5.82. The van der Waals surface area contributed by atoms with Crippen LogP contribution in [0.25, 0.3) is 0 Å². The van der Waals surface area contributed by atoms with Crippen LogP contribution in [0.5, 0.6) is 5.75 Å². The molecule has 4 nitrogen and oxygen atoms in total. The molecule has 23 heavy (non-hydrogen) atoms. The van der Waals surface area contributed by atoms with Gasteiger partial charge in [-0.3, -0.25) is 4.90 Å². The third-order valence-electron chi connectivity index (χ3n) is 5.27. The highest BCUT2D eigenvalue weighted by Crippen LogP contribution is 2.52. The van der Waals surface area contributed by atoms with Gasteiger partial charge in [0.05, 0.1) is 5.56 Å². The fourth-order valence-electron chi connectivity index (χ4n) is 4.81. The Bertz CT molecular complexity index is 581. The molecule has 0 amide bonds. The summed E-state index contributed by atoms with van der Waals surface area (Å²) < 4.78 is 5.80. The Morgan fingerprint density at radius 2 is 1.96 bits per heavy atom. The molecule has 0 spiro atoms. The van der Waals surface area contributed by atoms with Gasteiger partial charge in [0, 0.05) is 19.1 Å². The molecule has 1 aliphatic carbocycles. The van der Waals surface area contributed by atoms with E-state index >= 15 is 0 Å². The fraction of sp³-hybridized carbons (Fsp3) is 0.632. The first-order valence-electron chi connectivity index (χ1n) is 8.47. The van der Waals surface area contributed by atoms with Crippen molar-refractivity contribution in [2.45, 2.75) is 46.1 Å². The lowest BCUT2D eigenvalue weighted by atomic mass is 9.65. The van der Waals surface area contributed by atoms with Crippen molar-refractivity contribution < 1.29 is 14.6 Å². The van der Waals surface area contributed by atoms with Crippen LogP contribution in [0.4, 0.5) is 0 Å². The normalized spacial score (nSPS) is 29.4. The zero-order valence-electron chi connectivity index (χ0n) is 14.3. The molecule has 126 valence electrons. The van der Waals surface area contributed by atoms with Crippen LogP contribution >= 0.6 is 0 Å². The Morgan fingerprint density at radius 3 is 2.61 bits per heavy atom. The topological polar surface area (TPSA) is 49.8 Å². The Kier molecular flexibility index (Phi) is 4.13. The second-order valence-corrected chi connectivity index (χ2v) is 8.36. The molecule has 1 saturated heterocycles. The van der Waals surface area contributed by atoms with E-state index < -0.39 is 5.97 Å². The standard InChI is InChI=1S/C19H27NO3/c1-18(2)10-15-11-19(3,12-18)13-20(15)8-9-23-16-6-4-14(5-7-16)17(21)22/h4-7,15H,8-13H2,1-3H3,(H,21,22). The zero-order valence-corrected chi connectivity index (χ0v) is 14.3. The highest BCUT2D eigenvalue weighted by Gasteiger charge is 2.49. The van der Waals surface area contributed by atoms with Gasteiger partial charge < -0.3 is 9.84 Å². The van der Waals surface area contributed by atoms with Gasteiger partial charge in [0.15, 0.2) is 0 Å². The molecule has 1 aromatic carbocycles. The minimum atomic E-state index is -0.906. The van der Waals surface area contributed by atoms with Crippen LogP contribution in [-0.4, -0.2) is 41.7 Å². The van der Waals surface area contributed by atoms with Crippen molar-refractivity contribution in [2.75, 3.05) is 19.7 Å². The predicted octanol–water partition coefficient (Wildman–Crippen LogP) is 3.66. The number of rotatable bonds is 5. The minimum Gasteiger partial charge on any atom is -0.492 e. The summed E-state index contributed by atoms with van der Waals surface area (Å²) in [4.78, 5) is 13.4. The number of carboxylic acid groups (broad SMARTS) is 1. The Labute approximate surface area is 138 Å². The Balaban J connectivity index is 1.52. The van der Waals surface area contributed by atoms with E-state index in [1.807, 2.05) is 0 Å². The van der Waals surface area contributed by atoms with E-state index in [1.165, 1.54) is 25.8 Å². The molecular weight excluding hydrogens is 290 g/mol. The molecule has 2 fully saturated rings. The van der Waals surface area contributed by atoms with Gasteiger partial charge in [-0.25, -0.2) is 4.79 Å². The van der Waals surface area contributed by atoms with Gasteiger partial charge in [-0.05, 0) is 54.4 Å². The summed E-state index contributed by atoms with van der Waals surface area (Å²) in [5.74, 6) is -0.166.